The summed E-state index contributed by atoms with van der Waals surface area (Å²) in [7, 11) is 1.77. The first-order valence-corrected chi connectivity index (χ1v) is 7.47. The summed E-state index contributed by atoms with van der Waals surface area (Å²) < 4.78 is 11.0. The molecule has 0 aliphatic carbocycles. The van der Waals surface area contributed by atoms with E-state index in [-0.39, 0.29) is 5.84 Å². The first kappa shape index (κ1) is 15.8. The summed E-state index contributed by atoms with van der Waals surface area (Å²) >= 11 is 0. The molecule has 3 N–H and O–H groups in total. The fourth-order valence-corrected chi connectivity index (χ4v) is 2.75. The van der Waals surface area contributed by atoms with E-state index in [0.717, 1.165) is 37.6 Å². The Morgan fingerprint density at radius 1 is 1.38 bits per heavy atom. The van der Waals surface area contributed by atoms with Crippen molar-refractivity contribution in [2.45, 2.75) is 12.8 Å². The second-order valence-corrected chi connectivity index (χ2v) is 5.55. The Kier molecular flexibility index (Phi) is 6.02. The number of nitrogens with zero attached hydrogens (tertiary/aromatic N) is 1. The normalized spacial score (nSPS) is 19.4. The molecule has 1 atom stereocenters. The molecule has 0 spiro atoms. The van der Waals surface area contributed by atoms with Crippen LogP contribution < -0.4 is 10.5 Å². The van der Waals surface area contributed by atoms with Crippen molar-refractivity contribution in [3.8, 4) is 5.75 Å². The minimum absolute atomic E-state index is 0.0825. The van der Waals surface area contributed by atoms with Gasteiger partial charge < -0.3 is 15.2 Å². The van der Waals surface area contributed by atoms with E-state index in [0.29, 0.717) is 12.5 Å². The van der Waals surface area contributed by atoms with Crippen LogP contribution >= 0.6 is 0 Å². The first-order valence-electron chi connectivity index (χ1n) is 7.47. The van der Waals surface area contributed by atoms with Gasteiger partial charge in [-0.05, 0) is 49.6 Å². The zero-order chi connectivity index (χ0) is 15.1. The molecule has 0 amide bonds. The Bertz CT molecular complexity index is 445. The Morgan fingerprint density at radius 3 is 2.81 bits per heavy atom. The maximum Gasteiger partial charge on any atom is 0.122 e. The number of rotatable bonds is 7. The molecule has 1 fully saturated rings. The molecule has 0 radical (unpaired) electrons. The predicted octanol–water partition coefficient (Wildman–Crippen LogP) is 1.71. The van der Waals surface area contributed by atoms with Crippen LogP contribution in [0.25, 0.3) is 0 Å². The molecule has 5 heteroatoms. The van der Waals surface area contributed by atoms with Crippen LogP contribution in [-0.4, -0.2) is 50.7 Å². The fraction of sp³-hybridized carbons (Fsp3) is 0.562. The molecule has 1 aliphatic rings. The molecule has 0 saturated carbocycles. The van der Waals surface area contributed by atoms with Crippen LogP contribution in [0, 0.1) is 11.3 Å². The van der Waals surface area contributed by atoms with Gasteiger partial charge in [-0.25, -0.2) is 0 Å². The summed E-state index contributed by atoms with van der Waals surface area (Å²) in [6, 6.07) is 7.35. The average molecular weight is 291 g/mol. The van der Waals surface area contributed by atoms with Gasteiger partial charge in [0.1, 0.15) is 18.2 Å². The monoisotopic (exact) mass is 291 g/mol. The standard InChI is InChI=1S/C16H25N3O2/c1-20-12-13-3-2-8-19(11-13)9-10-21-15-6-4-14(5-7-15)16(17)18/h4-7,13H,2-3,8-12H2,1H3,(H3,17,18). The molecule has 1 aliphatic heterocycles. The summed E-state index contributed by atoms with van der Waals surface area (Å²) in [4.78, 5) is 2.44. The topological polar surface area (TPSA) is 71.6 Å². The van der Waals surface area contributed by atoms with Crippen LogP contribution in [0.4, 0.5) is 0 Å². The Balaban J connectivity index is 1.72. The predicted molar refractivity (Wildman–Crippen MR) is 84.0 cm³/mol. The molecule has 0 bridgehead atoms. The number of nitrogens with one attached hydrogen (secondary N) is 1. The number of piperidine rings is 1. The number of nitrogens with two attached hydrogens (primary N) is 1. The lowest BCUT2D eigenvalue weighted by Gasteiger charge is -2.32. The molecule has 1 aromatic rings. The fourth-order valence-electron chi connectivity index (χ4n) is 2.75. The third-order valence-corrected chi connectivity index (χ3v) is 3.85. The summed E-state index contributed by atoms with van der Waals surface area (Å²) in [5, 5.41) is 7.35. The molecule has 1 heterocycles. The minimum Gasteiger partial charge on any atom is -0.492 e. The van der Waals surface area contributed by atoms with E-state index in [1.165, 1.54) is 12.8 Å². The minimum atomic E-state index is 0.0825. The lowest BCUT2D eigenvalue weighted by molar-refractivity contribution is 0.0832. The summed E-state index contributed by atoms with van der Waals surface area (Å²) in [6.45, 7) is 4.71. The molecular weight excluding hydrogens is 266 g/mol. The molecule has 5 nitrogen and oxygen atoms in total. The van der Waals surface area contributed by atoms with Crippen molar-refractivity contribution in [1.29, 1.82) is 5.41 Å². The highest BCUT2D eigenvalue weighted by molar-refractivity contribution is 5.94. The summed E-state index contributed by atoms with van der Waals surface area (Å²) in [5.74, 6) is 1.56. The highest BCUT2D eigenvalue weighted by atomic mass is 16.5. The van der Waals surface area contributed by atoms with E-state index in [2.05, 4.69) is 4.90 Å². The van der Waals surface area contributed by atoms with Crippen LogP contribution in [0.1, 0.15) is 18.4 Å². The summed E-state index contributed by atoms with van der Waals surface area (Å²) in [5.41, 5.74) is 6.15. The van der Waals surface area contributed by atoms with Crippen molar-refractivity contribution in [3.05, 3.63) is 29.8 Å². The van der Waals surface area contributed by atoms with Gasteiger partial charge in [-0.3, -0.25) is 10.3 Å². The van der Waals surface area contributed by atoms with Crippen LogP contribution in [0.2, 0.25) is 0 Å². The zero-order valence-corrected chi connectivity index (χ0v) is 12.7. The van der Waals surface area contributed by atoms with E-state index in [4.69, 9.17) is 20.6 Å². The molecular formula is C16H25N3O2. The van der Waals surface area contributed by atoms with Crippen LogP contribution in [0.5, 0.6) is 5.75 Å². The van der Waals surface area contributed by atoms with Crippen LogP contribution in [-0.2, 0) is 4.74 Å². The molecule has 21 heavy (non-hydrogen) atoms. The third-order valence-electron chi connectivity index (χ3n) is 3.85. The van der Waals surface area contributed by atoms with Gasteiger partial charge in [-0.1, -0.05) is 0 Å². The zero-order valence-electron chi connectivity index (χ0n) is 12.7. The van der Waals surface area contributed by atoms with Crippen molar-refractivity contribution in [3.63, 3.8) is 0 Å². The van der Waals surface area contributed by atoms with Gasteiger partial charge in [-0.2, -0.15) is 0 Å². The molecule has 1 saturated heterocycles. The van der Waals surface area contributed by atoms with E-state index < -0.39 is 0 Å². The second kappa shape index (κ2) is 8.00. The SMILES string of the molecule is COCC1CCCN(CCOc2ccc(C(=N)N)cc2)C1. The smallest absolute Gasteiger partial charge is 0.122 e. The van der Waals surface area contributed by atoms with Gasteiger partial charge in [0.25, 0.3) is 0 Å². The number of hydrogen-bond acceptors (Lipinski definition) is 4. The van der Waals surface area contributed by atoms with E-state index in [9.17, 15) is 0 Å². The maximum absolute atomic E-state index is 7.35. The Hall–Kier alpha value is -1.59. The second-order valence-electron chi connectivity index (χ2n) is 5.55. The number of likely N-dealkylation sites (tertiary alicyclic amines) is 1. The van der Waals surface area contributed by atoms with E-state index in [1.807, 2.05) is 24.3 Å². The lowest BCUT2D eigenvalue weighted by atomic mass is 9.99. The van der Waals surface area contributed by atoms with Crippen molar-refractivity contribution < 1.29 is 9.47 Å². The van der Waals surface area contributed by atoms with Crippen molar-refractivity contribution in [2.24, 2.45) is 11.7 Å². The van der Waals surface area contributed by atoms with Crippen LogP contribution in [0.15, 0.2) is 24.3 Å². The Labute approximate surface area is 126 Å². The highest BCUT2D eigenvalue weighted by Crippen LogP contribution is 2.17. The van der Waals surface area contributed by atoms with E-state index in [1.54, 1.807) is 7.11 Å². The lowest BCUT2D eigenvalue weighted by Crippen LogP contribution is -2.39. The van der Waals surface area contributed by atoms with Gasteiger partial charge in [0, 0.05) is 25.8 Å². The van der Waals surface area contributed by atoms with Crippen molar-refractivity contribution >= 4 is 5.84 Å². The van der Waals surface area contributed by atoms with Crippen molar-refractivity contribution in [2.75, 3.05) is 40.0 Å². The number of nitrogen functional groups attached to an aromatic ring is 1. The number of ether oxygens (including phenoxy) is 2. The third kappa shape index (κ3) is 5.02. The Morgan fingerprint density at radius 2 is 2.14 bits per heavy atom. The number of amidine groups is 1. The van der Waals surface area contributed by atoms with Gasteiger partial charge in [-0.15, -0.1) is 0 Å². The maximum atomic E-state index is 7.35. The van der Waals surface area contributed by atoms with Gasteiger partial charge >= 0.3 is 0 Å². The molecule has 0 aromatic heterocycles. The summed E-state index contributed by atoms with van der Waals surface area (Å²) in [6.07, 6.45) is 2.50. The largest absolute Gasteiger partial charge is 0.492 e. The van der Waals surface area contributed by atoms with E-state index >= 15 is 0 Å². The van der Waals surface area contributed by atoms with Gasteiger partial charge in [0.05, 0.1) is 6.61 Å². The highest BCUT2D eigenvalue weighted by Gasteiger charge is 2.19. The molecule has 1 unspecified atom stereocenters. The number of methoxy groups -OCH3 is 1. The molecule has 116 valence electrons. The average Bonchev–Trinajstić information content (AvgIpc) is 2.48. The van der Waals surface area contributed by atoms with Crippen molar-refractivity contribution in [1.82, 2.24) is 4.90 Å². The molecule has 1 aromatic carbocycles. The number of benzene rings is 1. The van der Waals surface area contributed by atoms with Crippen LogP contribution in [0.3, 0.4) is 0 Å². The molecule has 2 rings (SSSR count). The number of hydrogen-bond donors (Lipinski definition) is 2. The quantitative estimate of drug-likeness (QED) is 0.592. The first-order chi connectivity index (χ1) is 10.2. The van der Waals surface area contributed by atoms with Gasteiger partial charge in [0.2, 0.25) is 0 Å². The van der Waals surface area contributed by atoms with Gasteiger partial charge in [0.15, 0.2) is 0 Å².